The van der Waals surface area contributed by atoms with Crippen LogP contribution in [0.5, 0.6) is 0 Å². The summed E-state index contributed by atoms with van der Waals surface area (Å²) in [5, 5.41) is 4.82. The molecule has 1 fully saturated rings. The monoisotopic (exact) mass is 315 g/mol. The molecule has 0 spiro atoms. The van der Waals surface area contributed by atoms with Gasteiger partial charge in [0, 0.05) is 29.5 Å². The molecule has 5 nitrogen and oxygen atoms in total. The predicted molar refractivity (Wildman–Crippen MR) is 85.6 cm³/mol. The van der Waals surface area contributed by atoms with Crippen LogP contribution in [0.15, 0.2) is 42.0 Å². The topological polar surface area (TPSA) is 62.3 Å². The van der Waals surface area contributed by atoms with Crippen LogP contribution in [-0.4, -0.2) is 34.3 Å². The van der Waals surface area contributed by atoms with Crippen LogP contribution in [0.25, 0.3) is 0 Å². The van der Waals surface area contributed by atoms with Gasteiger partial charge in [-0.3, -0.25) is 14.6 Å². The van der Waals surface area contributed by atoms with Crippen LogP contribution in [0.3, 0.4) is 0 Å². The summed E-state index contributed by atoms with van der Waals surface area (Å²) in [4.78, 5) is 31.5. The fourth-order valence-corrected chi connectivity index (χ4v) is 3.36. The first-order valence-electron chi connectivity index (χ1n) is 7.27. The number of pyridine rings is 1. The molecular formula is C16H17N3O2S. The van der Waals surface area contributed by atoms with E-state index in [2.05, 4.69) is 10.3 Å². The van der Waals surface area contributed by atoms with E-state index >= 15 is 0 Å². The first kappa shape index (κ1) is 14.7. The number of amides is 2. The maximum absolute atomic E-state index is 12.4. The lowest BCUT2D eigenvalue weighted by Gasteiger charge is -2.23. The number of carbonyl (C=O) groups is 2. The molecule has 0 aromatic carbocycles. The van der Waals surface area contributed by atoms with Gasteiger partial charge in [0.2, 0.25) is 11.8 Å². The van der Waals surface area contributed by atoms with Crippen LogP contribution in [0.2, 0.25) is 0 Å². The van der Waals surface area contributed by atoms with Gasteiger partial charge < -0.3 is 10.2 Å². The number of anilines is 1. The minimum Gasteiger partial charge on any atom is -0.330 e. The fraction of sp³-hybridized carbons (Fsp3) is 0.312. The third-order valence-electron chi connectivity index (χ3n) is 3.73. The summed E-state index contributed by atoms with van der Waals surface area (Å²) in [5.41, 5.74) is 0.706. The molecule has 114 valence electrons. The number of rotatable bonds is 4. The zero-order valence-corrected chi connectivity index (χ0v) is 12.9. The first-order valence-corrected chi connectivity index (χ1v) is 8.15. The fourth-order valence-electron chi connectivity index (χ4n) is 2.66. The van der Waals surface area contributed by atoms with Crippen LogP contribution >= 0.6 is 11.3 Å². The lowest BCUT2D eigenvalue weighted by Crippen LogP contribution is -2.43. The van der Waals surface area contributed by atoms with Crippen LogP contribution in [-0.2, 0) is 16.0 Å². The third-order valence-corrected chi connectivity index (χ3v) is 4.61. The second-order valence-corrected chi connectivity index (χ2v) is 6.26. The van der Waals surface area contributed by atoms with Crippen LogP contribution in [0.4, 0.5) is 5.69 Å². The molecular weight excluding hydrogens is 298 g/mol. The molecule has 1 unspecified atom stereocenters. The quantitative estimate of drug-likeness (QED) is 0.942. The molecule has 0 bridgehead atoms. The number of carbonyl (C=O) groups excluding carboxylic acids is 2. The Hall–Kier alpha value is -2.21. The Bertz CT molecular complexity index is 643. The minimum atomic E-state index is -0.374. The Labute approximate surface area is 133 Å². The van der Waals surface area contributed by atoms with E-state index in [1.165, 1.54) is 0 Å². The van der Waals surface area contributed by atoms with Crippen molar-refractivity contribution in [1.29, 1.82) is 0 Å². The number of nitrogens with zero attached hydrogens (tertiary/aromatic N) is 2. The van der Waals surface area contributed by atoms with Gasteiger partial charge in [-0.1, -0.05) is 6.07 Å². The minimum absolute atomic E-state index is 0.0230. The van der Waals surface area contributed by atoms with Crippen LogP contribution in [0, 0.1) is 0 Å². The van der Waals surface area contributed by atoms with Gasteiger partial charge in [0.15, 0.2) is 0 Å². The highest BCUT2D eigenvalue weighted by Gasteiger charge is 2.33. The highest BCUT2D eigenvalue weighted by atomic mass is 32.1. The van der Waals surface area contributed by atoms with Crippen molar-refractivity contribution in [3.8, 4) is 0 Å². The average molecular weight is 315 g/mol. The molecule has 1 atom stereocenters. The zero-order valence-electron chi connectivity index (χ0n) is 12.1. The number of aromatic nitrogens is 1. The van der Waals surface area contributed by atoms with E-state index in [4.69, 9.17) is 0 Å². The summed E-state index contributed by atoms with van der Waals surface area (Å²) in [6.07, 6.45) is 5.21. The van der Waals surface area contributed by atoms with E-state index in [1.807, 2.05) is 17.5 Å². The van der Waals surface area contributed by atoms with Crippen molar-refractivity contribution in [3.63, 3.8) is 0 Å². The van der Waals surface area contributed by atoms with Crippen LogP contribution in [0.1, 0.15) is 17.7 Å². The zero-order chi connectivity index (χ0) is 15.4. The maximum Gasteiger partial charge on any atom is 0.247 e. The molecule has 2 aromatic heterocycles. The molecule has 3 rings (SSSR count). The van der Waals surface area contributed by atoms with Gasteiger partial charge in [-0.05, 0) is 36.4 Å². The lowest BCUT2D eigenvalue weighted by atomic mass is 10.2. The summed E-state index contributed by atoms with van der Waals surface area (Å²) in [7, 11) is 0. The van der Waals surface area contributed by atoms with Crippen molar-refractivity contribution in [2.45, 2.75) is 25.3 Å². The molecule has 6 heteroatoms. The van der Waals surface area contributed by atoms with Gasteiger partial charge in [-0.25, -0.2) is 0 Å². The molecule has 1 aliphatic rings. The summed E-state index contributed by atoms with van der Waals surface area (Å²) >= 11 is 1.57. The number of hydrogen-bond donors (Lipinski definition) is 1. The number of thiophene rings is 1. The molecule has 1 aliphatic heterocycles. The van der Waals surface area contributed by atoms with Crippen LogP contribution < -0.4 is 5.32 Å². The number of likely N-dealkylation sites (tertiary alicyclic amines) is 1. The molecule has 0 radical (unpaired) electrons. The predicted octanol–water partition coefficient (Wildman–Crippen LogP) is 2.32. The summed E-state index contributed by atoms with van der Waals surface area (Å²) < 4.78 is 0. The summed E-state index contributed by atoms with van der Waals surface area (Å²) in [6.45, 7) is 0.651. The Kier molecular flexibility index (Phi) is 4.48. The van der Waals surface area contributed by atoms with Gasteiger partial charge in [0.05, 0.1) is 6.42 Å². The Morgan fingerprint density at radius 2 is 2.14 bits per heavy atom. The summed E-state index contributed by atoms with van der Waals surface area (Å²) in [6, 6.07) is 6.99. The second-order valence-electron chi connectivity index (χ2n) is 5.23. The molecule has 2 aromatic rings. The Morgan fingerprint density at radius 3 is 2.86 bits per heavy atom. The molecule has 2 amide bonds. The smallest absolute Gasteiger partial charge is 0.247 e. The highest BCUT2D eigenvalue weighted by molar-refractivity contribution is 7.10. The van der Waals surface area contributed by atoms with Crippen molar-refractivity contribution in [2.24, 2.45) is 0 Å². The number of hydrogen-bond acceptors (Lipinski definition) is 4. The molecule has 0 aliphatic carbocycles. The molecule has 22 heavy (non-hydrogen) atoms. The number of nitrogens with one attached hydrogen (secondary N) is 1. The first-order chi connectivity index (χ1) is 10.7. The van der Waals surface area contributed by atoms with Crippen molar-refractivity contribution in [2.75, 3.05) is 11.9 Å². The average Bonchev–Trinajstić information content (AvgIpc) is 3.19. The third kappa shape index (κ3) is 3.33. The molecule has 1 saturated heterocycles. The van der Waals surface area contributed by atoms with E-state index < -0.39 is 0 Å². The van der Waals surface area contributed by atoms with Gasteiger partial charge in [0.1, 0.15) is 6.04 Å². The van der Waals surface area contributed by atoms with Gasteiger partial charge in [0.25, 0.3) is 0 Å². The van der Waals surface area contributed by atoms with E-state index in [9.17, 15) is 9.59 Å². The maximum atomic E-state index is 12.4. The van der Waals surface area contributed by atoms with E-state index in [0.29, 0.717) is 25.1 Å². The van der Waals surface area contributed by atoms with E-state index in [0.717, 1.165) is 11.3 Å². The Balaban J connectivity index is 1.64. The van der Waals surface area contributed by atoms with E-state index in [1.54, 1.807) is 40.8 Å². The normalized spacial score (nSPS) is 17.5. The lowest BCUT2D eigenvalue weighted by molar-refractivity contribution is -0.136. The highest BCUT2D eigenvalue weighted by Crippen LogP contribution is 2.21. The van der Waals surface area contributed by atoms with Crippen molar-refractivity contribution in [3.05, 3.63) is 46.9 Å². The van der Waals surface area contributed by atoms with Crippen molar-refractivity contribution in [1.82, 2.24) is 9.88 Å². The standard InChI is InChI=1S/C16H17N3O2S/c20-15(11-13-3-2-10-22-13)19-9-1-4-14(19)16(21)18-12-5-7-17-8-6-12/h2-3,5-8,10,14H,1,4,9,11H2,(H,17,18,21). The van der Waals surface area contributed by atoms with Gasteiger partial charge in [-0.15, -0.1) is 11.3 Å². The van der Waals surface area contributed by atoms with Gasteiger partial charge in [-0.2, -0.15) is 0 Å². The Morgan fingerprint density at radius 1 is 1.32 bits per heavy atom. The van der Waals surface area contributed by atoms with E-state index in [-0.39, 0.29) is 17.9 Å². The van der Waals surface area contributed by atoms with Gasteiger partial charge >= 0.3 is 0 Å². The van der Waals surface area contributed by atoms with Crippen molar-refractivity contribution >= 4 is 28.8 Å². The van der Waals surface area contributed by atoms with Crippen molar-refractivity contribution < 1.29 is 9.59 Å². The molecule has 0 saturated carbocycles. The summed E-state index contributed by atoms with van der Waals surface area (Å²) in [5.74, 6) is -0.0990. The molecule has 3 heterocycles. The SMILES string of the molecule is O=C(Nc1ccncc1)C1CCCN1C(=O)Cc1cccs1. The second kappa shape index (κ2) is 6.70. The molecule has 1 N–H and O–H groups in total. The largest absolute Gasteiger partial charge is 0.330 e.